The zero-order valence-corrected chi connectivity index (χ0v) is 21.0. The van der Waals surface area contributed by atoms with E-state index in [2.05, 4.69) is 43.2 Å². The summed E-state index contributed by atoms with van der Waals surface area (Å²) in [6, 6.07) is 10.2. The van der Waals surface area contributed by atoms with Crippen LogP contribution in [0.25, 0.3) is 11.4 Å². The van der Waals surface area contributed by atoms with Gasteiger partial charge in [-0.3, -0.25) is 14.7 Å². The lowest BCUT2D eigenvalue weighted by atomic mass is 9.96. The maximum Gasteiger partial charge on any atom is 0.324 e. The molecule has 190 valence electrons. The first-order valence-electron chi connectivity index (χ1n) is 12.7. The number of nitrogens with one attached hydrogen (secondary N) is 1. The normalized spacial score (nSPS) is 18.9. The lowest BCUT2D eigenvalue weighted by Gasteiger charge is -2.30. The molecular weight excluding hydrogens is 456 g/mol. The van der Waals surface area contributed by atoms with Crippen LogP contribution in [0.5, 0.6) is 5.75 Å². The molecule has 9 heteroatoms. The van der Waals surface area contributed by atoms with E-state index in [0.717, 1.165) is 69.8 Å². The molecule has 0 saturated carbocycles. The Hall–Kier alpha value is -3.46. The van der Waals surface area contributed by atoms with E-state index < -0.39 is 0 Å². The maximum absolute atomic E-state index is 12.8. The van der Waals surface area contributed by atoms with Crippen molar-refractivity contribution in [2.24, 2.45) is 11.8 Å². The second-order valence-corrected chi connectivity index (χ2v) is 9.83. The van der Waals surface area contributed by atoms with Crippen molar-refractivity contribution < 1.29 is 14.1 Å². The molecule has 5 rings (SSSR count). The second-order valence-electron chi connectivity index (χ2n) is 9.83. The Bertz CT molecular complexity index is 1160. The summed E-state index contributed by atoms with van der Waals surface area (Å²) in [4.78, 5) is 26.1. The van der Waals surface area contributed by atoms with Gasteiger partial charge in [-0.05, 0) is 80.1 Å². The Morgan fingerprint density at radius 3 is 2.69 bits per heavy atom. The molecule has 3 aromatic rings. The Balaban J connectivity index is 1.05. The molecule has 0 radical (unpaired) electrons. The topological polar surface area (TPSA) is 96.6 Å². The van der Waals surface area contributed by atoms with E-state index >= 15 is 0 Å². The zero-order chi connectivity index (χ0) is 24.9. The van der Waals surface area contributed by atoms with Gasteiger partial charge in [-0.25, -0.2) is 0 Å². The van der Waals surface area contributed by atoms with Gasteiger partial charge >= 0.3 is 6.01 Å². The third kappa shape index (κ3) is 5.67. The fourth-order valence-corrected chi connectivity index (χ4v) is 5.07. The minimum Gasteiger partial charge on any atom is -0.497 e. The lowest BCUT2D eigenvalue weighted by Crippen LogP contribution is -2.42. The number of aromatic nitrogens is 3. The van der Waals surface area contributed by atoms with Crippen LogP contribution < -0.4 is 15.0 Å². The third-order valence-corrected chi connectivity index (χ3v) is 7.37. The molecular formula is C27H34N6O3. The van der Waals surface area contributed by atoms with Crippen molar-refractivity contribution in [2.75, 3.05) is 44.7 Å². The van der Waals surface area contributed by atoms with E-state index in [-0.39, 0.29) is 11.8 Å². The molecule has 0 spiro atoms. The molecule has 4 heterocycles. The van der Waals surface area contributed by atoms with Gasteiger partial charge in [0, 0.05) is 56.6 Å². The highest BCUT2D eigenvalue weighted by atomic mass is 16.5. The predicted octanol–water partition coefficient (Wildman–Crippen LogP) is 3.30. The zero-order valence-electron chi connectivity index (χ0n) is 21.0. The molecule has 1 aromatic carbocycles. The van der Waals surface area contributed by atoms with Crippen LogP contribution in [-0.2, 0) is 11.3 Å². The summed E-state index contributed by atoms with van der Waals surface area (Å²) in [5.74, 6) is 2.04. The number of carbonyl (C=O) groups is 1. The fourth-order valence-electron chi connectivity index (χ4n) is 5.07. The van der Waals surface area contributed by atoms with Crippen LogP contribution in [-0.4, -0.2) is 65.8 Å². The summed E-state index contributed by atoms with van der Waals surface area (Å²) in [5, 5.41) is 7.35. The highest BCUT2D eigenvalue weighted by Gasteiger charge is 2.29. The molecule has 1 amide bonds. The Labute approximate surface area is 211 Å². The van der Waals surface area contributed by atoms with Crippen molar-refractivity contribution in [1.82, 2.24) is 25.3 Å². The van der Waals surface area contributed by atoms with Gasteiger partial charge in [-0.1, -0.05) is 5.16 Å². The Morgan fingerprint density at radius 1 is 1.14 bits per heavy atom. The molecule has 1 unspecified atom stereocenters. The molecule has 1 N–H and O–H groups in total. The fraction of sp³-hybridized carbons (Fsp3) is 0.481. The molecule has 2 aliphatic heterocycles. The van der Waals surface area contributed by atoms with Gasteiger partial charge in [0.15, 0.2) is 0 Å². The maximum atomic E-state index is 12.8. The number of methoxy groups -OCH3 is 1. The summed E-state index contributed by atoms with van der Waals surface area (Å²) >= 11 is 0. The number of rotatable bonds is 8. The highest BCUT2D eigenvalue weighted by Crippen LogP contribution is 2.26. The molecule has 2 aromatic heterocycles. The number of hydrogen-bond donors (Lipinski definition) is 1. The van der Waals surface area contributed by atoms with Crippen molar-refractivity contribution in [3.05, 3.63) is 53.9 Å². The Morgan fingerprint density at radius 2 is 1.94 bits per heavy atom. The average molecular weight is 491 g/mol. The van der Waals surface area contributed by atoms with E-state index in [1.165, 1.54) is 11.1 Å². The number of nitrogens with zero attached hydrogens (tertiary/aromatic N) is 5. The quantitative estimate of drug-likeness (QED) is 0.514. The van der Waals surface area contributed by atoms with Gasteiger partial charge in [-0.15, -0.1) is 0 Å². The summed E-state index contributed by atoms with van der Waals surface area (Å²) < 4.78 is 10.7. The molecule has 36 heavy (non-hydrogen) atoms. The van der Waals surface area contributed by atoms with E-state index in [9.17, 15) is 4.79 Å². The number of ether oxygens (including phenoxy) is 1. The molecule has 0 aliphatic carbocycles. The smallest absolute Gasteiger partial charge is 0.324 e. The molecule has 2 saturated heterocycles. The minimum atomic E-state index is 0.0298. The number of pyridine rings is 1. The van der Waals surface area contributed by atoms with Crippen LogP contribution in [0.1, 0.15) is 30.4 Å². The summed E-state index contributed by atoms with van der Waals surface area (Å²) in [7, 11) is 1.64. The number of benzene rings is 1. The van der Waals surface area contributed by atoms with Gasteiger partial charge in [0.25, 0.3) is 0 Å². The molecule has 1 atom stereocenters. The van der Waals surface area contributed by atoms with Crippen molar-refractivity contribution in [3.63, 3.8) is 0 Å². The van der Waals surface area contributed by atoms with Gasteiger partial charge in [0.1, 0.15) is 5.75 Å². The largest absolute Gasteiger partial charge is 0.497 e. The minimum absolute atomic E-state index is 0.0298. The number of likely N-dealkylation sites (tertiary alicyclic amines) is 1. The highest BCUT2D eigenvalue weighted by molar-refractivity contribution is 5.79. The van der Waals surface area contributed by atoms with E-state index in [0.29, 0.717) is 17.8 Å². The second kappa shape index (κ2) is 11.1. The van der Waals surface area contributed by atoms with Crippen molar-refractivity contribution in [2.45, 2.75) is 32.7 Å². The first-order chi connectivity index (χ1) is 17.6. The van der Waals surface area contributed by atoms with Crippen LogP contribution in [0, 0.1) is 18.8 Å². The third-order valence-electron chi connectivity index (χ3n) is 7.37. The first-order valence-corrected chi connectivity index (χ1v) is 12.7. The lowest BCUT2D eigenvalue weighted by molar-refractivity contribution is -0.125. The molecule has 9 nitrogen and oxygen atoms in total. The summed E-state index contributed by atoms with van der Waals surface area (Å²) in [6.45, 7) is 7.36. The number of amides is 1. The van der Waals surface area contributed by atoms with Gasteiger partial charge in [0.05, 0.1) is 7.11 Å². The summed E-state index contributed by atoms with van der Waals surface area (Å²) in [6.07, 6.45) is 6.47. The molecule has 2 aliphatic rings. The average Bonchev–Trinajstić information content (AvgIpc) is 3.59. The van der Waals surface area contributed by atoms with E-state index in [1.54, 1.807) is 7.11 Å². The number of hydrogen-bond acceptors (Lipinski definition) is 8. The molecule has 2 fully saturated rings. The standard InChI is InChI=1S/C27H34N6O3/c1-19-15-28-11-7-23(19)18-32-12-8-20(17-32)16-29-26(34)22-9-13-33(14-10-22)27-30-25(31-36-27)21-3-5-24(35-2)6-4-21/h3-7,11,15,20,22H,8-10,12-14,16-18H2,1-2H3,(H,29,34). The monoisotopic (exact) mass is 490 g/mol. The Kier molecular flexibility index (Phi) is 7.46. The number of piperidine rings is 1. The number of anilines is 1. The van der Waals surface area contributed by atoms with Crippen molar-refractivity contribution in [3.8, 4) is 17.1 Å². The molecule has 0 bridgehead atoms. The number of carbonyl (C=O) groups excluding carboxylic acids is 1. The van der Waals surface area contributed by atoms with E-state index in [1.807, 2.05) is 36.7 Å². The van der Waals surface area contributed by atoms with Crippen LogP contribution in [0.3, 0.4) is 0 Å². The van der Waals surface area contributed by atoms with Crippen molar-refractivity contribution >= 4 is 11.9 Å². The first kappa shape index (κ1) is 24.2. The van der Waals surface area contributed by atoms with Crippen LogP contribution in [0.2, 0.25) is 0 Å². The predicted molar refractivity (Wildman–Crippen MR) is 137 cm³/mol. The summed E-state index contributed by atoms with van der Waals surface area (Å²) in [5.41, 5.74) is 3.44. The van der Waals surface area contributed by atoms with E-state index in [4.69, 9.17) is 9.26 Å². The van der Waals surface area contributed by atoms with Gasteiger partial charge < -0.3 is 19.5 Å². The van der Waals surface area contributed by atoms with Crippen LogP contribution in [0.4, 0.5) is 6.01 Å². The van der Waals surface area contributed by atoms with Crippen LogP contribution in [0.15, 0.2) is 47.2 Å². The van der Waals surface area contributed by atoms with Gasteiger partial charge in [0.2, 0.25) is 11.7 Å². The van der Waals surface area contributed by atoms with Crippen LogP contribution >= 0.6 is 0 Å². The van der Waals surface area contributed by atoms with Crippen molar-refractivity contribution in [1.29, 1.82) is 0 Å². The SMILES string of the molecule is COc1ccc(-c2noc(N3CCC(C(=O)NCC4CCN(Cc5ccncc5C)C4)CC3)n2)cc1. The number of aryl methyl sites for hydroxylation is 1. The van der Waals surface area contributed by atoms with Gasteiger partial charge in [-0.2, -0.15) is 4.98 Å².